The van der Waals surface area contributed by atoms with Crippen LogP contribution in [0.15, 0.2) is 24.3 Å². The smallest absolute Gasteiger partial charge is 0.158 e. The molecular formula is C14H22O. The fourth-order valence-electron chi connectivity index (χ4n) is 2.11. The van der Waals surface area contributed by atoms with Crippen molar-refractivity contribution in [3.05, 3.63) is 24.3 Å². The van der Waals surface area contributed by atoms with Crippen LogP contribution in [0.4, 0.5) is 0 Å². The molecule has 15 heavy (non-hydrogen) atoms. The molecule has 0 amide bonds. The summed E-state index contributed by atoms with van der Waals surface area (Å²) in [6.07, 6.45) is 8.69. The summed E-state index contributed by atoms with van der Waals surface area (Å²) in [4.78, 5) is 11.7. The molecule has 1 heteroatoms. The van der Waals surface area contributed by atoms with E-state index in [2.05, 4.69) is 26.5 Å². The molecule has 0 aliphatic heterocycles. The Morgan fingerprint density at radius 3 is 2.87 bits per heavy atom. The third-order valence-corrected chi connectivity index (χ3v) is 3.33. The van der Waals surface area contributed by atoms with Crippen LogP contribution in [0.5, 0.6) is 0 Å². The molecule has 1 aliphatic rings. The molecule has 0 N–H and O–H groups in total. The van der Waals surface area contributed by atoms with E-state index in [0.717, 1.165) is 36.7 Å². The summed E-state index contributed by atoms with van der Waals surface area (Å²) in [6, 6.07) is 0. The fourth-order valence-corrected chi connectivity index (χ4v) is 2.11. The van der Waals surface area contributed by atoms with Crippen LogP contribution in [0.2, 0.25) is 0 Å². The van der Waals surface area contributed by atoms with E-state index in [-0.39, 0.29) is 0 Å². The number of rotatable bonds is 5. The standard InChI is InChI=1S/C14H22O/c1-4-5-6-14(15)13-9-7-12(8-10-13)11(2)3/h4,9,11-12H,1,5-8,10H2,2-3H3/t12-/m1/s1. The average Bonchev–Trinajstić information content (AvgIpc) is 2.26. The predicted octanol–water partition coefficient (Wildman–Crippen LogP) is 3.90. The molecule has 1 rings (SSSR count). The van der Waals surface area contributed by atoms with Crippen molar-refractivity contribution in [3.63, 3.8) is 0 Å². The van der Waals surface area contributed by atoms with Gasteiger partial charge in [-0.25, -0.2) is 0 Å². The van der Waals surface area contributed by atoms with Crippen LogP contribution in [-0.4, -0.2) is 5.78 Å². The maximum absolute atomic E-state index is 11.7. The fraction of sp³-hybridized carbons (Fsp3) is 0.643. The average molecular weight is 206 g/mol. The van der Waals surface area contributed by atoms with Gasteiger partial charge < -0.3 is 0 Å². The van der Waals surface area contributed by atoms with Gasteiger partial charge >= 0.3 is 0 Å². The molecule has 0 spiro atoms. The summed E-state index contributed by atoms with van der Waals surface area (Å²) in [5.74, 6) is 1.85. The van der Waals surface area contributed by atoms with Crippen molar-refractivity contribution in [2.45, 2.75) is 46.0 Å². The molecule has 1 nitrogen and oxygen atoms in total. The lowest BCUT2D eigenvalue weighted by molar-refractivity contribution is -0.115. The number of carbonyl (C=O) groups is 1. The largest absolute Gasteiger partial charge is 0.295 e. The minimum absolute atomic E-state index is 0.331. The van der Waals surface area contributed by atoms with Crippen molar-refractivity contribution in [1.29, 1.82) is 0 Å². The zero-order chi connectivity index (χ0) is 11.3. The minimum atomic E-state index is 0.331. The van der Waals surface area contributed by atoms with Crippen LogP contribution >= 0.6 is 0 Å². The van der Waals surface area contributed by atoms with Gasteiger partial charge in [0.1, 0.15) is 0 Å². The Labute approximate surface area is 93.3 Å². The van der Waals surface area contributed by atoms with Crippen LogP contribution in [0.25, 0.3) is 0 Å². The van der Waals surface area contributed by atoms with Gasteiger partial charge in [-0.05, 0) is 43.1 Å². The molecule has 0 aromatic heterocycles. The van der Waals surface area contributed by atoms with Gasteiger partial charge in [-0.1, -0.05) is 26.0 Å². The Morgan fingerprint density at radius 1 is 1.67 bits per heavy atom. The number of hydrogen-bond acceptors (Lipinski definition) is 1. The van der Waals surface area contributed by atoms with Crippen molar-refractivity contribution in [3.8, 4) is 0 Å². The van der Waals surface area contributed by atoms with E-state index in [1.54, 1.807) is 0 Å². The summed E-state index contributed by atoms with van der Waals surface area (Å²) in [5.41, 5.74) is 1.06. The zero-order valence-electron chi connectivity index (χ0n) is 9.96. The topological polar surface area (TPSA) is 17.1 Å². The van der Waals surface area contributed by atoms with Gasteiger partial charge in [-0.2, -0.15) is 0 Å². The van der Waals surface area contributed by atoms with E-state index >= 15 is 0 Å². The van der Waals surface area contributed by atoms with Gasteiger partial charge in [0, 0.05) is 6.42 Å². The Morgan fingerprint density at radius 2 is 2.40 bits per heavy atom. The van der Waals surface area contributed by atoms with Crippen LogP contribution < -0.4 is 0 Å². The Balaban J connectivity index is 2.45. The number of carbonyl (C=O) groups excluding carboxylic acids is 1. The molecule has 0 saturated carbocycles. The molecule has 0 fully saturated rings. The molecule has 1 atom stereocenters. The van der Waals surface area contributed by atoms with Crippen molar-refractivity contribution >= 4 is 5.78 Å². The lowest BCUT2D eigenvalue weighted by atomic mass is 9.81. The van der Waals surface area contributed by atoms with E-state index in [9.17, 15) is 4.79 Å². The van der Waals surface area contributed by atoms with Gasteiger partial charge in [0.05, 0.1) is 0 Å². The van der Waals surface area contributed by atoms with E-state index in [0.29, 0.717) is 12.2 Å². The zero-order valence-corrected chi connectivity index (χ0v) is 9.96. The van der Waals surface area contributed by atoms with Crippen molar-refractivity contribution in [1.82, 2.24) is 0 Å². The van der Waals surface area contributed by atoms with Crippen LogP contribution in [0.3, 0.4) is 0 Å². The van der Waals surface area contributed by atoms with E-state index in [4.69, 9.17) is 0 Å². The molecule has 0 aromatic carbocycles. The first kappa shape index (κ1) is 12.2. The molecule has 0 radical (unpaired) electrons. The minimum Gasteiger partial charge on any atom is -0.295 e. The third-order valence-electron chi connectivity index (χ3n) is 3.33. The molecule has 1 aliphatic carbocycles. The molecule has 0 heterocycles. The molecule has 0 saturated heterocycles. The molecular weight excluding hydrogens is 184 g/mol. The maximum Gasteiger partial charge on any atom is 0.158 e. The highest BCUT2D eigenvalue weighted by Crippen LogP contribution is 2.29. The van der Waals surface area contributed by atoms with Gasteiger partial charge in [-0.15, -0.1) is 6.58 Å². The van der Waals surface area contributed by atoms with Gasteiger partial charge in [0.15, 0.2) is 5.78 Å². The Hall–Kier alpha value is -0.850. The van der Waals surface area contributed by atoms with Gasteiger partial charge in [0.2, 0.25) is 0 Å². The summed E-state index contributed by atoms with van der Waals surface area (Å²) >= 11 is 0. The van der Waals surface area contributed by atoms with Gasteiger partial charge in [-0.3, -0.25) is 4.79 Å². The van der Waals surface area contributed by atoms with E-state index in [1.165, 1.54) is 6.42 Å². The first-order valence-corrected chi connectivity index (χ1v) is 5.98. The van der Waals surface area contributed by atoms with Crippen molar-refractivity contribution in [2.24, 2.45) is 11.8 Å². The van der Waals surface area contributed by atoms with Crippen molar-refractivity contribution in [2.75, 3.05) is 0 Å². The third kappa shape index (κ3) is 3.65. The quantitative estimate of drug-likeness (QED) is 0.623. The normalized spacial score (nSPS) is 21.3. The first-order chi connectivity index (χ1) is 7.15. The van der Waals surface area contributed by atoms with Crippen LogP contribution in [-0.2, 0) is 4.79 Å². The molecule has 0 bridgehead atoms. The second-order valence-corrected chi connectivity index (χ2v) is 4.76. The van der Waals surface area contributed by atoms with Gasteiger partial charge in [0.25, 0.3) is 0 Å². The lowest BCUT2D eigenvalue weighted by Crippen LogP contribution is -2.15. The number of ketones is 1. The summed E-state index contributed by atoms with van der Waals surface area (Å²) in [7, 11) is 0. The second-order valence-electron chi connectivity index (χ2n) is 4.76. The van der Waals surface area contributed by atoms with Crippen molar-refractivity contribution < 1.29 is 4.79 Å². The summed E-state index contributed by atoms with van der Waals surface area (Å²) in [6.45, 7) is 8.18. The number of hydrogen-bond donors (Lipinski definition) is 0. The molecule has 0 unspecified atom stereocenters. The van der Waals surface area contributed by atoms with Crippen LogP contribution in [0, 0.1) is 11.8 Å². The first-order valence-electron chi connectivity index (χ1n) is 5.98. The number of Topliss-reactive ketones (excluding diaryl/α,β-unsaturated/α-hetero) is 1. The highest BCUT2D eigenvalue weighted by atomic mass is 16.1. The lowest BCUT2D eigenvalue weighted by Gasteiger charge is -2.24. The van der Waals surface area contributed by atoms with E-state index < -0.39 is 0 Å². The monoisotopic (exact) mass is 206 g/mol. The highest BCUT2D eigenvalue weighted by Gasteiger charge is 2.20. The van der Waals surface area contributed by atoms with Crippen LogP contribution in [0.1, 0.15) is 46.0 Å². The van der Waals surface area contributed by atoms with E-state index in [1.807, 2.05) is 6.08 Å². The maximum atomic E-state index is 11.7. The highest BCUT2D eigenvalue weighted by molar-refractivity contribution is 5.95. The SMILES string of the molecule is C=CCCC(=O)C1=CC[C@@H](C(C)C)CC1. The summed E-state index contributed by atoms with van der Waals surface area (Å²) < 4.78 is 0. The second kappa shape index (κ2) is 5.89. The Bertz CT molecular complexity index is 261. The molecule has 0 aromatic rings. The summed E-state index contributed by atoms with van der Waals surface area (Å²) in [5, 5.41) is 0. The predicted molar refractivity (Wildman–Crippen MR) is 64.7 cm³/mol. The number of allylic oxidation sites excluding steroid dienone is 3. The molecule has 84 valence electrons. The Kier molecular flexibility index (Phi) is 4.80.